The molecule has 1 amide bonds. The van der Waals surface area contributed by atoms with E-state index in [1.165, 1.54) is 24.0 Å². The van der Waals surface area contributed by atoms with E-state index in [4.69, 9.17) is 32.2 Å². The van der Waals surface area contributed by atoms with E-state index in [2.05, 4.69) is 28.4 Å². The van der Waals surface area contributed by atoms with Crippen molar-refractivity contribution < 1.29 is 18.4 Å². The van der Waals surface area contributed by atoms with Gasteiger partial charge >= 0.3 is 7.60 Å². The second-order valence-corrected chi connectivity index (χ2v) is 13.2. The van der Waals surface area contributed by atoms with Gasteiger partial charge in [-0.3, -0.25) is 14.3 Å². The molecule has 1 heterocycles. The number of fused-ring (bicyclic) bond motifs is 1. The topological polar surface area (TPSA) is 71.1 Å². The maximum absolute atomic E-state index is 13.6. The molecule has 2 atom stereocenters. The highest BCUT2D eigenvalue weighted by molar-refractivity contribution is 7.53. The Bertz CT molecular complexity index is 1180. The van der Waals surface area contributed by atoms with Gasteiger partial charge < -0.3 is 19.3 Å². The average molecular weight is 597 g/mol. The van der Waals surface area contributed by atoms with Crippen molar-refractivity contribution in [3.63, 3.8) is 0 Å². The van der Waals surface area contributed by atoms with Gasteiger partial charge in [-0.25, -0.2) is 0 Å². The van der Waals surface area contributed by atoms with E-state index in [0.29, 0.717) is 29.8 Å². The minimum Gasteiger partial charge on any atom is -0.384 e. The Hall–Kier alpha value is -1.60. The summed E-state index contributed by atoms with van der Waals surface area (Å²) in [6.45, 7) is 6.91. The predicted octanol–water partition coefficient (Wildman–Crippen LogP) is 6.82. The first-order valence-electron chi connectivity index (χ1n) is 13.9. The number of aryl methyl sites for hydroxylation is 1. The third-order valence-corrected chi connectivity index (χ3v) is 10.5. The first-order chi connectivity index (χ1) is 18.7. The Morgan fingerprint density at radius 1 is 1.08 bits per heavy atom. The van der Waals surface area contributed by atoms with Crippen molar-refractivity contribution in [1.29, 1.82) is 0 Å². The minimum absolute atomic E-state index is 0.0446. The van der Waals surface area contributed by atoms with Crippen LogP contribution < -0.4 is 5.32 Å². The van der Waals surface area contributed by atoms with Gasteiger partial charge in [-0.1, -0.05) is 35.3 Å². The number of likely N-dealkylation sites (tertiary alicyclic amines) is 1. The zero-order chi connectivity index (χ0) is 28.0. The Labute approximate surface area is 242 Å². The Morgan fingerprint density at radius 2 is 1.79 bits per heavy atom. The number of carbonyl (C=O) groups is 1. The van der Waals surface area contributed by atoms with Crippen LogP contribution in [-0.2, 0) is 31.2 Å². The second-order valence-electron chi connectivity index (χ2n) is 10.2. The van der Waals surface area contributed by atoms with E-state index >= 15 is 0 Å². The van der Waals surface area contributed by atoms with Crippen LogP contribution in [0.4, 0.5) is 5.69 Å². The maximum Gasteiger partial charge on any atom is 0.332 e. The molecule has 0 saturated carbocycles. The van der Waals surface area contributed by atoms with Crippen LogP contribution in [0.2, 0.25) is 10.0 Å². The van der Waals surface area contributed by atoms with Gasteiger partial charge in [0.25, 0.3) is 0 Å². The highest BCUT2D eigenvalue weighted by Gasteiger charge is 2.38. The lowest BCUT2D eigenvalue weighted by atomic mass is 9.82. The molecule has 0 radical (unpaired) electrons. The van der Waals surface area contributed by atoms with Crippen molar-refractivity contribution in [1.82, 2.24) is 9.80 Å². The van der Waals surface area contributed by atoms with Crippen LogP contribution in [0.5, 0.6) is 0 Å². The summed E-state index contributed by atoms with van der Waals surface area (Å²) in [5.41, 5.74) is 4.22. The summed E-state index contributed by atoms with van der Waals surface area (Å²) >= 11 is 12.3. The number of hydrogen-bond donors (Lipinski definition) is 1. The van der Waals surface area contributed by atoms with E-state index in [1.54, 1.807) is 12.1 Å². The summed E-state index contributed by atoms with van der Waals surface area (Å²) in [5, 5.41) is 4.35. The van der Waals surface area contributed by atoms with Crippen LogP contribution in [0.25, 0.3) is 0 Å². The lowest BCUT2D eigenvalue weighted by Gasteiger charge is -2.43. The smallest absolute Gasteiger partial charge is 0.332 e. The van der Waals surface area contributed by atoms with Gasteiger partial charge in [-0.05, 0) is 93.6 Å². The molecule has 1 N–H and O–H groups in total. The third-order valence-electron chi connectivity index (χ3n) is 7.66. The van der Waals surface area contributed by atoms with E-state index in [1.807, 2.05) is 31.9 Å². The molecular formula is C29H40Cl2N3O4P. The molecule has 0 spiro atoms. The number of benzene rings is 2. The standard InChI is InChI=1S/C29H40Cl2N3O4P/c1-4-37-39(36,38-5-2)17-14-32-23-11-9-22-10-13-27(34-15-6-7-16-34)29(24(22)20-23)33(3)28(35)19-21-8-12-25(30)26(31)18-21/h8-9,11-12,18,20,27,29,32H,4-7,10,13-17,19H2,1-3H3/t27-,29-/m0/s1. The lowest BCUT2D eigenvalue weighted by molar-refractivity contribution is -0.133. The van der Waals surface area contributed by atoms with E-state index in [0.717, 1.165) is 37.2 Å². The lowest BCUT2D eigenvalue weighted by Crippen LogP contribution is -2.48. The number of nitrogens with one attached hydrogen (secondary N) is 1. The molecule has 0 unspecified atom stereocenters. The second kappa shape index (κ2) is 13.8. The number of likely N-dealkylation sites (N-methyl/N-ethyl adjacent to an activating group) is 1. The summed E-state index contributed by atoms with van der Waals surface area (Å²) in [6, 6.07) is 11.9. The predicted molar refractivity (Wildman–Crippen MR) is 159 cm³/mol. The van der Waals surface area contributed by atoms with Gasteiger partial charge in [0.15, 0.2) is 0 Å². The number of nitrogens with zero attached hydrogens (tertiary/aromatic N) is 2. The van der Waals surface area contributed by atoms with Crippen molar-refractivity contribution in [2.75, 3.05) is 51.4 Å². The van der Waals surface area contributed by atoms with Crippen LogP contribution in [0.1, 0.15) is 55.8 Å². The highest BCUT2D eigenvalue weighted by Crippen LogP contribution is 2.47. The number of halogens is 2. The fraction of sp³-hybridized carbons (Fsp3) is 0.552. The van der Waals surface area contributed by atoms with Gasteiger partial charge in [0.2, 0.25) is 5.91 Å². The number of carbonyl (C=O) groups excluding carboxylic acids is 1. The molecule has 214 valence electrons. The molecule has 1 aliphatic carbocycles. The van der Waals surface area contributed by atoms with Gasteiger partial charge in [0, 0.05) is 25.3 Å². The number of rotatable bonds is 12. The van der Waals surface area contributed by atoms with E-state index in [-0.39, 0.29) is 30.6 Å². The zero-order valence-electron chi connectivity index (χ0n) is 23.1. The van der Waals surface area contributed by atoms with E-state index < -0.39 is 7.60 Å². The molecule has 1 fully saturated rings. The number of hydrogen-bond acceptors (Lipinski definition) is 6. The molecule has 0 aromatic heterocycles. The van der Waals surface area contributed by atoms with Crippen LogP contribution in [-0.4, -0.2) is 67.8 Å². The summed E-state index contributed by atoms with van der Waals surface area (Å²) in [5.74, 6) is 0.0446. The quantitative estimate of drug-likeness (QED) is 0.271. The molecule has 10 heteroatoms. The minimum atomic E-state index is -3.12. The van der Waals surface area contributed by atoms with Crippen LogP contribution in [0.3, 0.4) is 0 Å². The summed E-state index contributed by atoms with van der Waals surface area (Å²) < 4.78 is 23.8. The van der Waals surface area contributed by atoms with Crippen molar-refractivity contribution in [2.24, 2.45) is 0 Å². The number of anilines is 1. The largest absolute Gasteiger partial charge is 0.384 e. The maximum atomic E-state index is 13.6. The molecule has 39 heavy (non-hydrogen) atoms. The van der Waals surface area contributed by atoms with Crippen molar-refractivity contribution >= 4 is 42.4 Å². The SMILES string of the molecule is CCOP(=O)(CCNc1ccc2c(c1)[C@H](N(C)C(=O)Cc1ccc(Cl)c(Cl)c1)[C@@H](N1CCCC1)CC2)OCC. The molecule has 2 aliphatic rings. The fourth-order valence-electron chi connectivity index (χ4n) is 5.80. The fourth-order valence-corrected chi connectivity index (χ4v) is 7.63. The molecule has 7 nitrogen and oxygen atoms in total. The van der Waals surface area contributed by atoms with Crippen LogP contribution in [0.15, 0.2) is 36.4 Å². The highest BCUT2D eigenvalue weighted by atomic mass is 35.5. The monoisotopic (exact) mass is 595 g/mol. The molecule has 1 aliphatic heterocycles. The molecular weight excluding hydrogens is 556 g/mol. The normalized spacial score (nSPS) is 19.6. The first-order valence-corrected chi connectivity index (χ1v) is 16.4. The zero-order valence-corrected chi connectivity index (χ0v) is 25.5. The van der Waals surface area contributed by atoms with Gasteiger partial charge in [-0.15, -0.1) is 0 Å². The Morgan fingerprint density at radius 3 is 2.46 bits per heavy atom. The summed E-state index contributed by atoms with van der Waals surface area (Å²) in [4.78, 5) is 18.1. The molecule has 2 aromatic rings. The van der Waals surface area contributed by atoms with Crippen molar-refractivity contribution in [2.45, 2.75) is 58.0 Å². The van der Waals surface area contributed by atoms with Crippen LogP contribution in [0, 0.1) is 0 Å². The molecule has 1 saturated heterocycles. The molecule has 4 rings (SSSR count). The van der Waals surface area contributed by atoms with Crippen molar-refractivity contribution in [3.05, 3.63) is 63.1 Å². The molecule has 0 bridgehead atoms. The average Bonchev–Trinajstić information content (AvgIpc) is 3.45. The molecule has 2 aromatic carbocycles. The van der Waals surface area contributed by atoms with Gasteiger partial charge in [0.1, 0.15) is 0 Å². The van der Waals surface area contributed by atoms with E-state index in [9.17, 15) is 9.36 Å². The Kier molecular flexibility index (Phi) is 10.8. The van der Waals surface area contributed by atoms with Gasteiger partial charge in [0.05, 0.1) is 41.9 Å². The van der Waals surface area contributed by atoms with Crippen molar-refractivity contribution in [3.8, 4) is 0 Å². The summed E-state index contributed by atoms with van der Waals surface area (Å²) in [6.07, 6.45) is 4.92. The first kappa shape index (κ1) is 30.4. The van der Waals surface area contributed by atoms with Crippen LogP contribution >= 0.6 is 30.8 Å². The number of amides is 1. The Balaban J connectivity index is 1.56. The third kappa shape index (κ3) is 7.58. The summed E-state index contributed by atoms with van der Waals surface area (Å²) in [7, 11) is -1.20. The van der Waals surface area contributed by atoms with Gasteiger partial charge in [-0.2, -0.15) is 0 Å².